The van der Waals surface area contributed by atoms with E-state index in [0.29, 0.717) is 5.69 Å². The van der Waals surface area contributed by atoms with E-state index in [2.05, 4.69) is 20.1 Å². The third-order valence-electron chi connectivity index (χ3n) is 4.42. The van der Waals surface area contributed by atoms with Gasteiger partial charge in [-0.2, -0.15) is 5.10 Å². The minimum absolute atomic E-state index is 0.0868. The molecule has 11 nitrogen and oxygen atoms in total. The third kappa shape index (κ3) is 3.71. The van der Waals surface area contributed by atoms with Crippen molar-refractivity contribution in [2.24, 2.45) is 0 Å². The van der Waals surface area contributed by atoms with Gasteiger partial charge in [-0.05, 0) is 30.3 Å². The van der Waals surface area contributed by atoms with Gasteiger partial charge in [-0.15, -0.1) is 0 Å². The number of nitrogens with zero attached hydrogens (tertiary/aromatic N) is 3. The zero-order chi connectivity index (χ0) is 22.2. The highest BCUT2D eigenvalue weighted by atomic mass is 32.2. The van der Waals surface area contributed by atoms with Gasteiger partial charge in [-0.25, -0.2) is 17.9 Å². The second kappa shape index (κ2) is 7.57. The van der Waals surface area contributed by atoms with E-state index in [1.807, 2.05) is 0 Å². The number of carbonyl (C=O) groups excluding carboxylic acids is 1. The molecule has 1 amide bonds. The molecule has 0 fully saturated rings. The third-order valence-corrected chi connectivity index (χ3v) is 5.80. The van der Waals surface area contributed by atoms with Crippen LogP contribution in [-0.4, -0.2) is 51.7 Å². The molecule has 2 aromatic carbocycles. The molecule has 4 N–H and O–H groups in total. The largest absolute Gasteiger partial charge is 0.505 e. The molecule has 2 aromatic heterocycles. The molecule has 0 radical (unpaired) electrons. The average Bonchev–Trinajstić information content (AvgIpc) is 3.22. The van der Waals surface area contributed by atoms with Crippen LogP contribution in [0.1, 0.15) is 10.5 Å². The van der Waals surface area contributed by atoms with Crippen LogP contribution in [-0.2, 0) is 14.8 Å². The van der Waals surface area contributed by atoms with E-state index in [0.717, 1.165) is 10.8 Å². The number of carbonyl (C=O) groups is 2. The maximum atomic E-state index is 12.8. The van der Waals surface area contributed by atoms with E-state index in [-0.39, 0.29) is 27.0 Å². The van der Waals surface area contributed by atoms with Crippen LogP contribution in [0.5, 0.6) is 5.75 Å². The Kier molecular flexibility index (Phi) is 4.91. The summed E-state index contributed by atoms with van der Waals surface area (Å²) in [6.07, 6.45) is 1.13. The number of aromatic nitrogens is 3. The summed E-state index contributed by atoms with van der Waals surface area (Å²) >= 11 is 0. The number of fused-ring (bicyclic) bond motifs is 3. The van der Waals surface area contributed by atoms with E-state index in [4.69, 9.17) is 5.11 Å². The van der Waals surface area contributed by atoms with Gasteiger partial charge >= 0.3 is 5.97 Å². The summed E-state index contributed by atoms with van der Waals surface area (Å²) < 4.78 is 29.1. The maximum Gasteiger partial charge on any atom is 0.322 e. The first kappa shape index (κ1) is 20.1. The van der Waals surface area contributed by atoms with Crippen molar-refractivity contribution in [2.75, 3.05) is 11.3 Å². The minimum Gasteiger partial charge on any atom is -0.505 e. The average molecular weight is 441 g/mol. The second-order valence-corrected chi connectivity index (χ2v) is 8.13. The van der Waals surface area contributed by atoms with E-state index >= 15 is 0 Å². The van der Waals surface area contributed by atoms with Gasteiger partial charge in [0.05, 0.1) is 4.90 Å². The summed E-state index contributed by atoms with van der Waals surface area (Å²) in [4.78, 5) is 27.1. The van der Waals surface area contributed by atoms with Crippen LogP contribution in [0.15, 0.2) is 59.8 Å². The van der Waals surface area contributed by atoms with Crippen molar-refractivity contribution >= 4 is 44.0 Å². The number of para-hydroxylation sites is 1. The lowest BCUT2D eigenvalue weighted by molar-refractivity contribution is -0.135. The summed E-state index contributed by atoms with van der Waals surface area (Å²) in [5.74, 6) is -2.63. The Balaban J connectivity index is 1.84. The molecule has 158 valence electrons. The summed E-state index contributed by atoms with van der Waals surface area (Å²) in [6, 6.07) is 12.3. The zero-order valence-corrected chi connectivity index (χ0v) is 16.5. The summed E-state index contributed by atoms with van der Waals surface area (Å²) in [5.41, 5.74) is 0.174. The lowest BCUT2D eigenvalue weighted by atomic mass is 10.1. The number of aliphatic carboxylic acids is 1. The van der Waals surface area contributed by atoms with Crippen LogP contribution in [0.3, 0.4) is 0 Å². The van der Waals surface area contributed by atoms with Crippen LogP contribution in [0, 0.1) is 0 Å². The van der Waals surface area contributed by atoms with Gasteiger partial charge in [0, 0.05) is 16.5 Å². The fourth-order valence-corrected chi connectivity index (χ4v) is 4.15. The number of benzene rings is 2. The van der Waals surface area contributed by atoms with Crippen LogP contribution < -0.4 is 10.0 Å². The molecule has 0 atom stereocenters. The molecule has 4 rings (SSSR count). The molecular weight excluding hydrogens is 426 g/mol. The van der Waals surface area contributed by atoms with Crippen molar-refractivity contribution in [3.05, 3.63) is 60.6 Å². The van der Waals surface area contributed by atoms with Crippen LogP contribution in [0.2, 0.25) is 0 Å². The highest BCUT2D eigenvalue weighted by molar-refractivity contribution is 7.92. The summed E-state index contributed by atoms with van der Waals surface area (Å²) in [5, 5.41) is 25.9. The number of hydrogen-bond donors (Lipinski definition) is 4. The van der Waals surface area contributed by atoms with Gasteiger partial charge < -0.3 is 15.5 Å². The molecule has 12 heteroatoms. The zero-order valence-electron chi connectivity index (χ0n) is 15.7. The minimum atomic E-state index is -3.95. The number of carboxylic acids is 1. The first-order valence-corrected chi connectivity index (χ1v) is 10.3. The standard InChI is InChI=1S/C19H15N5O6S/c25-15(26)9-20-19(28)16-17(27)13-7-6-12(8-14(13)18-21-10-22-24(16)18)31(29,30)23-11-4-2-1-3-5-11/h1-8,10,23,27H,9H2,(H,20,28)(H,25,26). The first-order chi connectivity index (χ1) is 14.8. The van der Waals surface area contributed by atoms with Crippen LogP contribution in [0.25, 0.3) is 16.4 Å². The number of pyridine rings is 1. The second-order valence-electron chi connectivity index (χ2n) is 6.45. The molecule has 0 unspecified atom stereocenters. The number of carboxylic acid groups (broad SMARTS) is 1. The Morgan fingerprint density at radius 3 is 2.52 bits per heavy atom. The lowest BCUT2D eigenvalue weighted by Crippen LogP contribution is -2.31. The fourth-order valence-electron chi connectivity index (χ4n) is 3.06. The predicted molar refractivity (Wildman–Crippen MR) is 109 cm³/mol. The van der Waals surface area contributed by atoms with Gasteiger partial charge in [0.15, 0.2) is 17.1 Å². The van der Waals surface area contributed by atoms with Crippen molar-refractivity contribution in [2.45, 2.75) is 4.90 Å². The van der Waals surface area contributed by atoms with Gasteiger partial charge in [0.2, 0.25) is 0 Å². The normalized spacial score (nSPS) is 11.5. The quantitative estimate of drug-likeness (QED) is 0.347. The molecule has 0 aliphatic rings. The van der Waals surface area contributed by atoms with Crippen LogP contribution in [0.4, 0.5) is 5.69 Å². The molecule has 0 bridgehead atoms. The monoisotopic (exact) mass is 441 g/mol. The summed E-state index contributed by atoms with van der Waals surface area (Å²) in [6.45, 7) is -0.658. The predicted octanol–water partition coefficient (Wildman–Crippen LogP) is 1.20. The maximum absolute atomic E-state index is 12.8. The Morgan fingerprint density at radius 1 is 1.06 bits per heavy atom. The molecule has 0 aliphatic heterocycles. The number of hydrogen-bond acceptors (Lipinski definition) is 7. The first-order valence-electron chi connectivity index (χ1n) is 8.84. The number of sulfonamides is 1. The number of aromatic hydroxyl groups is 1. The SMILES string of the molecule is O=C(O)CNC(=O)c1c(O)c2ccc(S(=O)(=O)Nc3ccccc3)cc2c2ncnn12. The molecule has 0 saturated carbocycles. The highest BCUT2D eigenvalue weighted by Crippen LogP contribution is 2.33. The summed E-state index contributed by atoms with van der Waals surface area (Å²) in [7, 11) is -3.95. The van der Waals surface area contributed by atoms with E-state index in [1.165, 1.54) is 18.2 Å². The van der Waals surface area contributed by atoms with E-state index < -0.39 is 34.2 Å². The molecule has 2 heterocycles. The number of amides is 1. The van der Waals surface area contributed by atoms with Gasteiger partial charge in [-0.1, -0.05) is 18.2 Å². The Hall–Kier alpha value is -4.19. The van der Waals surface area contributed by atoms with Crippen LogP contribution >= 0.6 is 0 Å². The van der Waals surface area contributed by atoms with Crippen molar-refractivity contribution in [3.8, 4) is 5.75 Å². The number of nitrogens with one attached hydrogen (secondary N) is 2. The fraction of sp³-hybridized carbons (Fsp3) is 0.0526. The van der Waals surface area contributed by atoms with Crippen molar-refractivity contribution < 1.29 is 28.2 Å². The molecule has 31 heavy (non-hydrogen) atoms. The van der Waals surface area contributed by atoms with Crippen molar-refractivity contribution in [3.63, 3.8) is 0 Å². The van der Waals surface area contributed by atoms with E-state index in [9.17, 15) is 23.1 Å². The Morgan fingerprint density at radius 2 is 1.81 bits per heavy atom. The molecular formula is C19H15N5O6S. The molecule has 4 aromatic rings. The highest BCUT2D eigenvalue weighted by Gasteiger charge is 2.24. The topological polar surface area (TPSA) is 163 Å². The van der Waals surface area contributed by atoms with Crippen molar-refractivity contribution in [1.29, 1.82) is 0 Å². The number of rotatable bonds is 6. The molecule has 0 saturated heterocycles. The molecule has 0 aliphatic carbocycles. The Labute approximate surface area is 175 Å². The smallest absolute Gasteiger partial charge is 0.322 e. The van der Waals surface area contributed by atoms with Gasteiger partial charge in [-0.3, -0.25) is 14.3 Å². The molecule has 0 spiro atoms. The van der Waals surface area contributed by atoms with Gasteiger partial charge in [0.25, 0.3) is 15.9 Å². The Bertz CT molecular complexity index is 1430. The lowest BCUT2D eigenvalue weighted by Gasteiger charge is -2.12. The van der Waals surface area contributed by atoms with E-state index in [1.54, 1.807) is 30.3 Å². The number of anilines is 1. The van der Waals surface area contributed by atoms with Gasteiger partial charge in [0.1, 0.15) is 12.9 Å². The van der Waals surface area contributed by atoms with Crippen molar-refractivity contribution in [1.82, 2.24) is 19.9 Å².